The van der Waals surface area contributed by atoms with Crippen molar-refractivity contribution < 1.29 is 18.8 Å². The van der Waals surface area contributed by atoms with E-state index in [4.69, 9.17) is 20.9 Å². The van der Waals surface area contributed by atoms with Crippen LogP contribution in [0, 0.1) is 0 Å². The highest BCUT2D eigenvalue weighted by Crippen LogP contribution is 2.31. The monoisotopic (exact) mass is 510 g/mol. The minimum absolute atomic E-state index is 0.0111. The molecule has 0 spiro atoms. The quantitative estimate of drug-likeness (QED) is 0.374. The Balaban J connectivity index is 1.44. The lowest BCUT2D eigenvalue weighted by atomic mass is 10.0. The summed E-state index contributed by atoms with van der Waals surface area (Å²) in [6.07, 6.45) is 4.28. The first kappa shape index (κ1) is 25.7. The van der Waals surface area contributed by atoms with Gasteiger partial charge in [0.25, 0.3) is 5.91 Å². The number of carbonyl (C=O) groups excluding carboxylic acids is 2. The number of rotatable bonds is 10. The highest BCUT2D eigenvalue weighted by atomic mass is 35.5. The van der Waals surface area contributed by atoms with Crippen molar-refractivity contribution in [2.24, 2.45) is 0 Å². The van der Waals surface area contributed by atoms with Gasteiger partial charge in [0.15, 0.2) is 6.61 Å². The number of halogens is 1. The van der Waals surface area contributed by atoms with Crippen LogP contribution in [0.4, 0.5) is 0 Å². The van der Waals surface area contributed by atoms with Crippen molar-refractivity contribution in [2.75, 3.05) is 26.2 Å². The second-order valence-electron chi connectivity index (χ2n) is 8.84. The number of carbonyl (C=O) groups is 2. The number of aromatic nitrogens is 2. The summed E-state index contributed by atoms with van der Waals surface area (Å²) in [5.74, 6) is 1.11. The van der Waals surface area contributed by atoms with E-state index < -0.39 is 0 Å². The zero-order chi connectivity index (χ0) is 25.3. The SMILES string of the molecule is CCCCN(CC(=O)N1CCCCC1c1nc(-c2cccc(Cl)c2)no1)C(=O)COc1ccccc1. The van der Waals surface area contributed by atoms with Gasteiger partial charge in [-0.25, -0.2) is 0 Å². The van der Waals surface area contributed by atoms with Crippen molar-refractivity contribution in [2.45, 2.75) is 45.1 Å². The zero-order valence-corrected chi connectivity index (χ0v) is 21.2. The number of unbranched alkanes of at least 4 members (excludes halogenated alkanes) is 1. The molecule has 0 aliphatic carbocycles. The number of piperidine rings is 1. The molecule has 0 N–H and O–H groups in total. The molecule has 4 rings (SSSR count). The molecule has 2 heterocycles. The Kier molecular flexibility index (Phi) is 8.95. The van der Waals surface area contributed by atoms with Crippen molar-refractivity contribution in [3.05, 3.63) is 65.5 Å². The minimum Gasteiger partial charge on any atom is -0.484 e. The Morgan fingerprint density at radius 3 is 2.78 bits per heavy atom. The van der Waals surface area contributed by atoms with Gasteiger partial charge in [-0.2, -0.15) is 4.98 Å². The van der Waals surface area contributed by atoms with E-state index in [-0.39, 0.29) is 31.0 Å². The largest absolute Gasteiger partial charge is 0.484 e. The third-order valence-electron chi connectivity index (χ3n) is 6.20. The van der Waals surface area contributed by atoms with E-state index in [1.807, 2.05) is 30.3 Å². The van der Waals surface area contributed by atoms with Gasteiger partial charge in [-0.3, -0.25) is 9.59 Å². The Hall–Kier alpha value is -3.39. The molecule has 1 unspecified atom stereocenters. The molecule has 2 amide bonds. The highest BCUT2D eigenvalue weighted by Gasteiger charge is 2.33. The molecule has 8 nitrogen and oxygen atoms in total. The summed E-state index contributed by atoms with van der Waals surface area (Å²) in [5, 5.41) is 4.70. The molecule has 190 valence electrons. The highest BCUT2D eigenvalue weighted by molar-refractivity contribution is 6.30. The van der Waals surface area contributed by atoms with E-state index in [1.165, 1.54) is 0 Å². The predicted octanol–water partition coefficient (Wildman–Crippen LogP) is 5.15. The lowest BCUT2D eigenvalue weighted by molar-refractivity contribution is -0.144. The fourth-order valence-electron chi connectivity index (χ4n) is 4.25. The van der Waals surface area contributed by atoms with Crippen LogP contribution in [-0.2, 0) is 9.59 Å². The van der Waals surface area contributed by atoms with Crippen LogP contribution in [0.3, 0.4) is 0 Å². The Bertz CT molecular complexity index is 1150. The van der Waals surface area contributed by atoms with Crippen LogP contribution in [0.2, 0.25) is 5.02 Å². The summed E-state index contributed by atoms with van der Waals surface area (Å²) >= 11 is 6.10. The third kappa shape index (κ3) is 6.63. The van der Waals surface area contributed by atoms with E-state index in [9.17, 15) is 9.59 Å². The van der Waals surface area contributed by atoms with Gasteiger partial charge in [0, 0.05) is 23.7 Å². The molecule has 1 aromatic heterocycles. The summed E-state index contributed by atoms with van der Waals surface area (Å²) in [5.41, 5.74) is 0.751. The minimum atomic E-state index is -0.324. The Labute approximate surface area is 216 Å². The maximum Gasteiger partial charge on any atom is 0.260 e. The average molecular weight is 511 g/mol. The molecule has 36 heavy (non-hydrogen) atoms. The van der Waals surface area contributed by atoms with Crippen LogP contribution in [-0.4, -0.2) is 58.0 Å². The van der Waals surface area contributed by atoms with Crippen molar-refractivity contribution in [3.63, 3.8) is 0 Å². The number of hydrogen-bond acceptors (Lipinski definition) is 6. The van der Waals surface area contributed by atoms with Crippen LogP contribution < -0.4 is 4.74 Å². The standard InChI is InChI=1S/C27H31ClN4O4/c1-2-3-15-31(25(34)19-35-22-12-5-4-6-13-22)18-24(33)32-16-8-7-14-23(32)27-29-26(30-36-27)20-10-9-11-21(28)17-20/h4-6,9-13,17,23H,2-3,7-8,14-16,18-19H2,1H3. The number of likely N-dealkylation sites (tertiary alicyclic amines) is 1. The first-order valence-corrected chi connectivity index (χ1v) is 12.8. The van der Waals surface area contributed by atoms with E-state index in [0.29, 0.717) is 35.6 Å². The molecular weight excluding hydrogens is 480 g/mol. The van der Waals surface area contributed by atoms with Crippen LogP contribution >= 0.6 is 11.6 Å². The molecule has 1 aliphatic rings. The summed E-state index contributed by atoms with van der Waals surface area (Å²) in [4.78, 5) is 34.3. The van der Waals surface area contributed by atoms with Crippen LogP contribution in [0.1, 0.15) is 51.0 Å². The second kappa shape index (κ2) is 12.5. The molecule has 9 heteroatoms. The Morgan fingerprint density at radius 2 is 2.00 bits per heavy atom. The zero-order valence-electron chi connectivity index (χ0n) is 20.4. The van der Waals surface area contributed by atoms with Gasteiger partial charge in [0.2, 0.25) is 17.6 Å². The topological polar surface area (TPSA) is 88.8 Å². The molecule has 1 atom stereocenters. The number of hydrogen-bond donors (Lipinski definition) is 0. The maximum absolute atomic E-state index is 13.4. The number of amides is 2. The van der Waals surface area contributed by atoms with Gasteiger partial charge < -0.3 is 19.1 Å². The van der Waals surface area contributed by atoms with Gasteiger partial charge in [-0.1, -0.05) is 60.4 Å². The summed E-state index contributed by atoms with van der Waals surface area (Å²) in [6, 6.07) is 16.1. The van der Waals surface area contributed by atoms with Gasteiger partial charge in [-0.05, 0) is 49.9 Å². The van der Waals surface area contributed by atoms with E-state index in [2.05, 4.69) is 17.1 Å². The molecule has 1 fully saturated rings. The van der Waals surface area contributed by atoms with Crippen LogP contribution in [0.25, 0.3) is 11.4 Å². The third-order valence-corrected chi connectivity index (χ3v) is 6.43. The fraction of sp³-hybridized carbons (Fsp3) is 0.407. The molecule has 3 aromatic rings. The lowest BCUT2D eigenvalue weighted by Crippen LogP contribution is -2.47. The van der Waals surface area contributed by atoms with Crippen molar-refractivity contribution in [1.82, 2.24) is 19.9 Å². The normalized spacial score (nSPS) is 15.5. The number of benzene rings is 2. The first-order valence-electron chi connectivity index (χ1n) is 12.4. The molecule has 0 saturated carbocycles. The van der Waals surface area contributed by atoms with E-state index in [0.717, 1.165) is 37.7 Å². The summed E-state index contributed by atoms with van der Waals surface area (Å²) < 4.78 is 11.2. The summed E-state index contributed by atoms with van der Waals surface area (Å²) in [7, 11) is 0. The number of nitrogens with zero attached hydrogens (tertiary/aromatic N) is 4. The molecule has 2 aromatic carbocycles. The van der Waals surface area contributed by atoms with Gasteiger partial charge in [-0.15, -0.1) is 0 Å². The summed E-state index contributed by atoms with van der Waals surface area (Å²) in [6.45, 7) is 3.00. The van der Waals surface area contributed by atoms with Crippen LogP contribution in [0.15, 0.2) is 59.1 Å². The van der Waals surface area contributed by atoms with E-state index in [1.54, 1.807) is 34.1 Å². The van der Waals surface area contributed by atoms with Crippen LogP contribution in [0.5, 0.6) is 5.75 Å². The average Bonchev–Trinajstić information content (AvgIpc) is 3.40. The smallest absolute Gasteiger partial charge is 0.260 e. The molecule has 0 bridgehead atoms. The van der Waals surface area contributed by atoms with Crippen molar-refractivity contribution in [1.29, 1.82) is 0 Å². The fourth-order valence-corrected chi connectivity index (χ4v) is 4.44. The number of ether oxygens (including phenoxy) is 1. The molecule has 1 aliphatic heterocycles. The first-order chi connectivity index (χ1) is 17.5. The lowest BCUT2D eigenvalue weighted by Gasteiger charge is -2.35. The van der Waals surface area contributed by atoms with Crippen molar-refractivity contribution >= 4 is 23.4 Å². The molecular formula is C27H31ClN4O4. The number of para-hydroxylation sites is 1. The van der Waals surface area contributed by atoms with E-state index >= 15 is 0 Å². The van der Waals surface area contributed by atoms with Gasteiger partial charge in [0.05, 0.1) is 6.54 Å². The Morgan fingerprint density at radius 1 is 1.17 bits per heavy atom. The molecule has 1 saturated heterocycles. The van der Waals surface area contributed by atoms with Gasteiger partial charge in [0.1, 0.15) is 11.8 Å². The van der Waals surface area contributed by atoms with Gasteiger partial charge >= 0.3 is 0 Å². The second-order valence-corrected chi connectivity index (χ2v) is 9.27. The van der Waals surface area contributed by atoms with Crippen molar-refractivity contribution in [3.8, 4) is 17.1 Å². The predicted molar refractivity (Wildman–Crippen MR) is 136 cm³/mol. The maximum atomic E-state index is 13.4. The molecule has 0 radical (unpaired) electrons.